The predicted octanol–water partition coefficient (Wildman–Crippen LogP) is 5.59. The van der Waals surface area contributed by atoms with E-state index in [0.717, 1.165) is 35.6 Å². The first-order chi connectivity index (χ1) is 15.6. The second-order valence-corrected chi connectivity index (χ2v) is 8.84. The Morgan fingerprint density at radius 1 is 1.12 bits per heavy atom. The lowest BCUT2D eigenvalue weighted by Gasteiger charge is -2.28. The zero-order valence-electron chi connectivity index (χ0n) is 19.5. The van der Waals surface area contributed by atoms with E-state index in [9.17, 15) is 4.79 Å². The Labute approximate surface area is 195 Å². The number of ether oxygens (including phenoxy) is 2. The molecule has 0 radical (unpaired) electrons. The van der Waals surface area contributed by atoms with Gasteiger partial charge < -0.3 is 14.8 Å². The molecular formula is C24H34N4O3S. The molecule has 0 spiro atoms. The molecule has 0 aliphatic carbocycles. The Morgan fingerprint density at radius 2 is 1.91 bits per heavy atom. The van der Waals surface area contributed by atoms with Crippen LogP contribution in [0.3, 0.4) is 0 Å². The van der Waals surface area contributed by atoms with Crippen LogP contribution in [0.4, 0.5) is 5.95 Å². The third-order valence-corrected chi connectivity index (χ3v) is 6.27. The van der Waals surface area contributed by atoms with Crippen molar-refractivity contribution in [1.29, 1.82) is 0 Å². The van der Waals surface area contributed by atoms with E-state index in [0.29, 0.717) is 29.9 Å². The minimum absolute atomic E-state index is 0.314. The van der Waals surface area contributed by atoms with Crippen LogP contribution < -0.4 is 10.1 Å². The minimum atomic E-state index is -0.410. The van der Waals surface area contributed by atoms with Gasteiger partial charge in [-0.2, -0.15) is 4.98 Å². The number of hydrogen-bond acceptors (Lipinski definition) is 7. The fourth-order valence-corrected chi connectivity index (χ4v) is 4.32. The van der Waals surface area contributed by atoms with E-state index >= 15 is 0 Å². The highest BCUT2D eigenvalue weighted by molar-refractivity contribution is 7.99. The van der Waals surface area contributed by atoms with Gasteiger partial charge >= 0.3 is 5.97 Å². The van der Waals surface area contributed by atoms with E-state index in [-0.39, 0.29) is 5.97 Å². The average Bonchev–Trinajstić information content (AvgIpc) is 3.19. The van der Waals surface area contributed by atoms with Crippen molar-refractivity contribution in [2.45, 2.75) is 71.0 Å². The molecule has 0 saturated carbocycles. The van der Waals surface area contributed by atoms with Gasteiger partial charge in [-0.15, -0.1) is 5.10 Å². The number of hydrogen-bond donors (Lipinski definition) is 1. The van der Waals surface area contributed by atoms with Gasteiger partial charge in [0.05, 0.1) is 18.8 Å². The van der Waals surface area contributed by atoms with E-state index in [1.807, 2.05) is 38.1 Å². The fraction of sp³-hybridized carbons (Fsp3) is 0.542. The molecular weight excluding hydrogens is 424 g/mol. The van der Waals surface area contributed by atoms with Gasteiger partial charge in [-0.25, -0.2) is 9.48 Å². The summed E-state index contributed by atoms with van der Waals surface area (Å²) in [5.41, 5.74) is 2.21. The third-order valence-electron chi connectivity index (χ3n) is 5.23. The molecule has 1 aliphatic heterocycles. The van der Waals surface area contributed by atoms with Crippen molar-refractivity contribution >= 4 is 23.7 Å². The Hall–Kier alpha value is -2.48. The Kier molecular flexibility index (Phi) is 9.02. The molecule has 0 amide bonds. The van der Waals surface area contributed by atoms with Gasteiger partial charge in [0.2, 0.25) is 11.1 Å². The quantitative estimate of drug-likeness (QED) is 0.252. The van der Waals surface area contributed by atoms with Crippen LogP contribution >= 0.6 is 11.8 Å². The number of benzene rings is 1. The number of allylic oxidation sites excluding steroid dienone is 1. The highest BCUT2D eigenvalue weighted by Gasteiger charge is 2.35. The number of aromatic nitrogens is 3. The molecule has 1 aliphatic rings. The second kappa shape index (κ2) is 11.9. The van der Waals surface area contributed by atoms with Crippen LogP contribution in [-0.4, -0.2) is 39.7 Å². The summed E-state index contributed by atoms with van der Waals surface area (Å²) in [5.74, 6) is 2.06. The lowest BCUT2D eigenvalue weighted by Crippen LogP contribution is -2.29. The van der Waals surface area contributed by atoms with Crippen molar-refractivity contribution in [3.8, 4) is 5.75 Å². The predicted molar refractivity (Wildman–Crippen MR) is 128 cm³/mol. The van der Waals surface area contributed by atoms with E-state index < -0.39 is 6.04 Å². The van der Waals surface area contributed by atoms with Crippen LogP contribution in [0, 0.1) is 0 Å². The number of carbonyl (C=O) groups excluding carboxylic acids is 1. The summed E-state index contributed by atoms with van der Waals surface area (Å²) in [7, 11) is 0. The number of nitrogens with zero attached hydrogens (tertiary/aromatic N) is 3. The van der Waals surface area contributed by atoms with Crippen molar-refractivity contribution in [3.05, 3.63) is 41.1 Å². The first-order valence-electron chi connectivity index (χ1n) is 11.6. The monoisotopic (exact) mass is 458 g/mol. The number of carbonyl (C=O) groups is 1. The number of rotatable bonds is 12. The minimum Gasteiger partial charge on any atom is -0.494 e. The van der Waals surface area contributed by atoms with Crippen molar-refractivity contribution in [2.75, 3.05) is 24.3 Å². The molecule has 0 saturated heterocycles. The summed E-state index contributed by atoms with van der Waals surface area (Å²) in [6.45, 7) is 9.05. The van der Waals surface area contributed by atoms with Gasteiger partial charge in [-0.1, -0.05) is 57.0 Å². The van der Waals surface area contributed by atoms with Gasteiger partial charge in [-0.05, 0) is 44.4 Å². The maximum Gasteiger partial charge on any atom is 0.338 e. The van der Waals surface area contributed by atoms with Crippen LogP contribution in [0.15, 0.2) is 40.7 Å². The van der Waals surface area contributed by atoms with Crippen LogP contribution in [-0.2, 0) is 9.53 Å². The average molecular weight is 459 g/mol. The molecule has 1 N–H and O–H groups in total. The molecule has 1 unspecified atom stereocenters. The SMILES string of the molecule is CCCCCCOc1ccc(C2C(C(=O)OCC)=C(C)Nc3nc(SCCC)nn32)cc1. The Bertz CT molecular complexity index is 924. The maximum atomic E-state index is 12.9. The smallest absolute Gasteiger partial charge is 0.338 e. The van der Waals surface area contributed by atoms with E-state index in [1.165, 1.54) is 19.3 Å². The molecule has 0 bridgehead atoms. The molecule has 3 rings (SSSR count). The largest absolute Gasteiger partial charge is 0.494 e. The van der Waals surface area contributed by atoms with E-state index in [4.69, 9.17) is 14.6 Å². The molecule has 8 heteroatoms. The maximum absolute atomic E-state index is 12.9. The Morgan fingerprint density at radius 3 is 2.59 bits per heavy atom. The number of fused-ring (bicyclic) bond motifs is 1. The van der Waals surface area contributed by atoms with E-state index in [1.54, 1.807) is 16.4 Å². The van der Waals surface area contributed by atoms with Gasteiger partial charge in [0.1, 0.15) is 11.8 Å². The van der Waals surface area contributed by atoms with Crippen molar-refractivity contribution in [2.24, 2.45) is 0 Å². The molecule has 174 valence electrons. The molecule has 1 aromatic heterocycles. The Balaban J connectivity index is 1.86. The summed E-state index contributed by atoms with van der Waals surface area (Å²) in [6, 6.07) is 7.49. The highest BCUT2D eigenvalue weighted by atomic mass is 32.2. The number of anilines is 1. The number of esters is 1. The summed E-state index contributed by atoms with van der Waals surface area (Å²) in [4.78, 5) is 17.5. The number of nitrogens with one attached hydrogen (secondary N) is 1. The lowest BCUT2D eigenvalue weighted by atomic mass is 9.96. The molecule has 32 heavy (non-hydrogen) atoms. The number of thioether (sulfide) groups is 1. The van der Waals surface area contributed by atoms with Crippen LogP contribution in [0.5, 0.6) is 5.75 Å². The molecule has 2 heterocycles. The van der Waals surface area contributed by atoms with Gasteiger partial charge in [0, 0.05) is 11.4 Å². The lowest BCUT2D eigenvalue weighted by molar-refractivity contribution is -0.139. The summed E-state index contributed by atoms with van der Waals surface area (Å²) in [6.07, 6.45) is 5.73. The standard InChI is InChI=1S/C24H34N4O3S/c1-5-8-9-10-15-31-19-13-11-18(12-14-19)21-20(22(29)30-7-3)17(4)25-23-26-24(27-28(21)23)32-16-6-2/h11-14,21H,5-10,15-16H2,1-4H3,(H,25,26,27). The normalized spacial score (nSPS) is 15.3. The first kappa shape index (κ1) is 24.2. The highest BCUT2D eigenvalue weighted by Crippen LogP contribution is 2.37. The topological polar surface area (TPSA) is 78.3 Å². The summed E-state index contributed by atoms with van der Waals surface area (Å²) in [5, 5.41) is 8.64. The molecule has 1 aromatic carbocycles. The van der Waals surface area contributed by atoms with Gasteiger partial charge in [-0.3, -0.25) is 0 Å². The summed E-state index contributed by atoms with van der Waals surface area (Å²) < 4.78 is 13.1. The summed E-state index contributed by atoms with van der Waals surface area (Å²) >= 11 is 1.61. The fourth-order valence-electron chi connectivity index (χ4n) is 3.63. The van der Waals surface area contributed by atoms with Crippen LogP contribution in [0.25, 0.3) is 0 Å². The van der Waals surface area contributed by atoms with Crippen molar-refractivity contribution < 1.29 is 14.3 Å². The molecule has 1 atom stereocenters. The molecule has 2 aromatic rings. The van der Waals surface area contributed by atoms with Gasteiger partial charge in [0.25, 0.3) is 0 Å². The van der Waals surface area contributed by atoms with Crippen molar-refractivity contribution in [3.63, 3.8) is 0 Å². The molecule has 0 fully saturated rings. The second-order valence-electron chi connectivity index (χ2n) is 7.78. The van der Waals surface area contributed by atoms with E-state index in [2.05, 4.69) is 24.1 Å². The zero-order valence-corrected chi connectivity index (χ0v) is 20.3. The third kappa shape index (κ3) is 5.85. The molecule has 7 nitrogen and oxygen atoms in total. The van der Waals surface area contributed by atoms with Crippen LogP contribution in [0.2, 0.25) is 0 Å². The van der Waals surface area contributed by atoms with Crippen molar-refractivity contribution in [1.82, 2.24) is 14.8 Å². The van der Waals surface area contributed by atoms with Crippen LogP contribution in [0.1, 0.15) is 71.4 Å². The van der Waals surface area contributed by atoms with Gasteiger partial charge in [0.15, 0.2) is 0 Å². The number of unbranched alkanes of at least 4 members (excludes halogenated alkanes) is 3. The zero-order chi connectivity index (χ0) is 22.9. The first-order valence-corrected chi connectivity index (χ1v) is 12.5.